The van der Waals surface area contributed by atoms with Crippen LogP contribution in [-0.4, -0.2) is 9.13 Å². The van der Waals surface area contributed by atoms with E-state index in [0.29, 0.717) is 58.2 Å². The maximum absolute atomic E-state index is 14.4. The molecule has 0 unspecified atom stereocenters. The molecule has 9 aromatic carbocycles. The van der Waals surface area contributed by atoms with Gasteiger partial charge in [0.25, 0.3) is 0 Å². The van der Waals surface area contributed by atoms with Crippen LogP contribution in [0.2, 0.25) is 0 Å². The molecule has 2 aromatic heterocycles. The van der Waals surface area contributed by atoms with Gasteiger partial charge in [0.05, 0.1) is 78.5 Å². The van der Waals surface area contributed by atoms with Crippen LogP contribution in [-0.2, 0) is 37.1 Å². The minimum atomic E-state index is -5.28. The van der Waals surface area contributed by atoms with Crippen LogP contribution in [0.4, 0.5) is 79.0 Å². The molecule has 0 bridgehead atoms. The fourth-order valence-electron chi connectivity index (χ4n) is 10.3. The first kappa shape index (κ1) is 54.8. The summed E-state index contributed by atoms with van der Waals surface area (Å²) in [7, 11) is 0. The Kier molecular flexibility index (Phi) is 12.7. The number of benzene rings is 9. The lowest BCUT2D eigenvalue weighted by Gasteiger charge is -2.21. The van der Waals surface area contributed by atoms with Crippen LogP contribution in [0.25, 0.3) is 99.5 Å². The van der Waals surface area contributed by atoms with Crippen molar-refractivity contribution in [2.45, 2.75) is 37.1 Å². The first-order valence-electron chi connectivity index (χ1n) is 24.0. The molecule has 0 spiro atoms. The summed E-state index contributed by atoms with van der Waals surface area (Å²) in [6, 6.07) is 34.2. The SMILES string of the molecule is N#Cc1ccc(-c2cc(-c3cc(C(F)(F)F)cc(C(F)(F)F)c3)ccc2-n2c3ccccc3c3cc(-c4cc(C(F)(F)F)cc(C(F)(F)F)c4)ccc32)c(-n2c3ccccc3c3cc(-c4cc(C(F)(F)F)cc(C(F)(F)F)c4)ccc32)c1. The Hall–Kier alpha value is -9.19. The molecule has 82 heavy (non-hydrogen) atoms. The van der Waals surface area contributed by atoms with Crippen molar-refractivity contribution in [1.82, 2.24) is 9.13 Å². The number of fused-ring (bicyclic) bond motifs is 6. The molecule has 11 rings (SSSR count). The van der Waals surface area contributed by atoms with Gasteiger partial charge in [-0.1, -0.05) is 60.7 Å². The Morgan fingerprint density at radius 2 is 0.598 bits per heavy atom. The number of rotatable bonds is 6. The smallest absolute Gasteiger partial charge is 0.309 e. The average molecular weight is 1150 g/mol. The molecule has 0 saturated heterocycles. The molecule has 0 radical (unpaired) electrons. The van der Waals surface area contributed by atoms with E-state index in [-0.39, 0.29) is 84.8 Å². The number of hydrogen-bond donors (Lipinski definition) is 0. The molecule has 0 atom stereocenters. The molecule has 21 heteroatoms. The normalized spacial score (nSPS) is 13.0. The Labute approximate surface area is 449 Å². The highest BCUT2D eigenvalue weighted by Crippen LogP contribution is 2.47. The lowest BCUT2D eigenvalue weighted by atomic mass is 9.93. The summed E-state index contributed by atoms with van der Waals surface area (Å²) >= 11 is 0. The van der Waals surface area contributed by atoms with Crippen molar-refractivity contribution in [3.05, 3.63) is 215 Å². The molecule has 414 valence electrons. The number of hydrogen-bond acceptors (Lipinski definition) is 1. The number of para-hydroxylation sites is 2. The average Bonchev–Trinajstić information content (AvgIpc) is 4.13. The first-order chi connectivity index (χ1) is 38.4. The molecule has 0 aliphatic carbocycles. The van der Waals surface area contributed by atoms with Crippen LogP contribution in [0.15, 0.2) is 176 Å². The molecular weight excluding hydrogens is 1120 g/mol. The fourth-order valence-corrected chi connectivity index (χ4v) is 10.3. The van der Waals surface area contributed by atoms with Crippen LogP contribution in [0, 0.1) is 11.3 Å². The zero-order valence-corrected chi connectivity index (χ0v) is 40.9. The van der Waals surface area contributed by atoms with Crippen molar-refractivity contribution in [2.24, 2.45) is 0 Å². The molecule has 0 amide bonds. The van der Waals surface area contributed by atoms with Gasteiger partial charge in [0.15, 0.2) is 0 Å². The van der Waals surface area contributed by atoms with Gasteiger partial charge in [0, 0.05) is 32.7 Å². The Morgan fingerprint density at radius 1 is 0.268 bits per heavy atom. The summed E-state index contributed by atoms with van der Waals surface area (Å²) < 4.78 is 259. The van der Waals surface area contributed by atoms with Crippen molar-refractivity contribution in [2.75, 3.05) is 0 Å². The maximum Gasteiger partial charge on any atom is 0.416 e. The van der Waals surface area contributed by atoms with Gasteiger partial charge in [-0.15, -0.1) is 0 Å². The Balaban J connectivity index is 1.20. The fraction of sp³-hybridized carbons (Fsp3) is 0.0984. The van der Waals surface area contributed by atoms with Gasteiger partial charge in [-0.05, 0) is 149 Å². The summed E-state index contributed by atoms with van der Waals surface area (Å²) in [5.41, 5.74) is -9.79. The van der Waals surface area contributed by atoms with E-state index in [9.17, 15) is 84.3 Å². The minimum Gasteiger partial charge on any atom is -0.309 e. The van der Waals surface area contributed by atoms with E-state index in [2.05, 4.69) is 0 Å². The summed E-state index contributed by atoms with van der Waals surface area (Å²) in [6.07, 6.45) is -31.3. The first-order valence-corrected chi connectivity index (χ1v) is 24.0. The lowest BCUT2D eigenvalue weighted by Crippen LogP contribution is -2.11. The zero-order valence-electron chi connectivity index (χ0n) is 40.9. The van der Waals surface area contributed by atoms with Gasteiger partial charge in [-0.2, -0.15) is 84.3 Å². The predicted octanol–water partition coefficient (Wildman–Crippen LogP) is 20.5. The second-order valence-electron chi connectivity index (χ2n) is 19.1. The monoisotopic (exact) mass is 1150 g/mol. The molecule has 0 N–H and O–H groups in total. The predicted molar refractivity (Wildman–Crippen MR) is 272 cm³/mol. The van der Waals surface area contributed by atoms with Crippen molar-refractivity contribution >= 4 is 43.6 Å². The van der Waals surface area contributed by atoms with Crippen molar-refractivity contribution in [1.29, 1.82) is 5.26 Å². The van der Waals surface area contributed by atoms with Crippen molar-refractivity contribution in [3.8, 4) is 62.0 Å². The van der Waals surface area contributed by atoms with Gasteiger partial charge in [0.2, 0.25) is 0 Å². The minimum absolute atomic E-state index is 0.00279. The van der Waals surface area contributed by atoms with E-state index in [0.717, 1.165) is 0 Å². The number of halogens is 18. The van der Waals surface area contributed by atoms with E-state index >= 15 is 0 Å². The molecule has 2 heterocycles. The number of alkyl halides is 18. The third kappa shape index (κ3) is 9.89. The summed E-state index contributed by atoms with van der Waals surface area (Å²) in [6.45, 7) is 0. The van der Waals surface area contributed by atoms with Gasteiger partial charge < -0.3 is 9.13 Å². The molecule has 0 saturated carbocycles. The largest absolute Gasteiger partial charge is 0.416 e. The van der Waals surface area contributed by atoms with Crippen LogP contribution in [0.1, 0.15) is 38.9 Å². The summed E-state index contributed by atoms with van der Waals surface area (Å²) in [4.78, 5) is 0. The van der Waals surface area contributed by atoms with Gasteiger partial charge >= 0.3 is 37.1 Å². The summed E-state index contributed by atoms with van der Waals surface area (Å²) in [5.74, 6) is 0. The van der Waals surface area contributed by atoms with E-state index < -0.39 is 87.1 Å². The topological polar surface area (TPSA) is 33.6 Å². The quantitative estimate of drug-likeness (QED) is 0.153. The van der Waals surface area contributed by atoms with E-state index in [1.165, 1.54) is 72.8 Å². The highest BCUT2D eigenvalue weighted by atomic mass is 19.4. The second-order valence-corrected chi connectivity index (χ2v) is 19.1. The number of nitrogens with zero attached hydrogens (tertiary/aromatic N) is 3. The van der Waals surface area contributed by atoms with Gasteiger partial charge in [0.1, 0.15) is 0 Å². The highest BCUT2D eigenvalue weighted by molar-refractivity contribution is 6.13. The van der Waals surface area contributed by atoms with Gasteiger partial charge in [-0.3, -0.25) is 0 Å². The van der Waals surface area contributed by atoms with E-state index in [1.54, 1.807) is 57.7 Å². The van der Waals surface area contributed by atoms with Crippen LogP contribution >= 0.6 is 0 Å². The summed E-state index contributed by atoms with van der Waals surface area (Å²) in [5, 5.41) is 11.7. The molecular formula is C61H29F18N3. The highest BCUT2D eigenvalue weighted by Gasteiger charge is 2.40. The third-order valence-electron chi connectivity index (χ3n) is 14.0. The molecule has 0 aliphatic rings. The Bertz CT molecular complexity index is 4340. The number of aromatic nitrogens is 2. The standard InChI is InChI=1S/C61H29F18N3/c62-56(63,64)38-18-35(19-39(27-38)57(65,66)67)32-10-14-52-47(24-32)44-5-1-3-7-50(44)81(52)53-15-11-34(37-22-42(60(74,75)76)29-43(23-37)61(77,78)79)26-49(53)46-13-9-31(30-80)17-55(46)82-51-8-4-2-6-45(51)48-25-33(12-16-54(48)82)36-20-40(58(68,69)70)28-41(21-36)59(71,72)73/h1-29H. The molecule has 0 fully saturated rings. The maximum atomic E-state index is 14.4. The van der Waals surface area contributed by atoms with Crippen LogP contribution in [0.3, 0.4) is 0 Å². The Morgan fingerprint density at radius 3 is 0.963 bits per heavy atom. The van der Waals surface area contributed by atoms with Crippen LogP contribution < -0.4 is 0 Å². The third-order valence-corrected chi connectivity index (χ3v) is 14.0. The number of nitriles is 1. The van der Waals surface area contributed by atoms with E-state index in [1.807, 2.05) is 6.07 Å². The molecule has 11 aromatic rings. The molecule has 0 aliphatic heterocycles. The van der Waals surface area contributed by atoms with Crippen molar-refractivity contribution in [3.63, 3.8) is 0 Å². The molecule has 3 nitrogen and oxygen atoms in total. The lowest BCUT2D eigenvalue weighted by molar-refractivity contribution is -0.144. The zero-order chi connectivity index (χ0) is 58.8. The van der Waals surface area contributed by atoms with Crippen LogP contribution in [0.5, 0.6) is 0 Å². The second kappa shape index (κ2) is 19.0. The van der Waals surface area contributed by atoms with Crippen molar-refractivity contribution < 1.29 is 79.0 Å². The van der Waals surface area contributed by atoms with Gasteiger partial charge in [-0.25, -0.2) is 0 Å². The van der Waals surface area contributed by atoms with E-state index in [4.69, 9.17) is 0 Å².